The number of carbonyl (C=O) groups is 1. The van der Waals surface area contributed by atoms with Crippen molar-refractivity contribution < 1.29 is 4.79 Å². The van der Waals surface area contributed by atoms with Crippen LogP contribution in [0.2, 0.25) is 0 Å². The van der Waals surface area contributed by atoms with Crippen molar-refractivity contribution >= 4 is 22.6 Å². The molecule has 1 aromatic rings. The zero-order valence-electron chi connectivity index (χ0n) is 8.55. The van der Waals surface area contributed by atoms with E-state index in [2.05, 4.69) is 18.3 Å². The lowest BCUT2D eigenvalue weighted by atomic mass is 10.1. The second-order valence-electron chi connectivity index (χ2n) is 4.09. The van der Waals surface area contributed by atoms with Crippen LogP contribution in [0, 0.1) is 6.92 Å². The van der Waals surface area contributed by atoms with E-state index in [9.17, 15) is 4.79 Å². The van der Waals surface area contributed by atoms with Crippen LogP contribution in [0.5, 0.6) is 0 Å². The summed E-state index contributed by atoms with van der Waals surface area (Å²) >= 11 is 1.33. The summed E-state index contributed by atoms with van der Waals surface area (Å²) in [4.78, 5) is 12.7. The lowest BCUT2D eigenvalue weighted by Crippen LogP contribution is -2.41. The predicted molar refractivity (Wildman–Crippen MR) is 59.7 cm³/mol. The molecule has 1 aromatic carbocycles. The molecule has 0 amide bonds. The summed E-state index contributed by atoms with van der Waals surface area (Å²) in [5.74, 6) is 0. The summed E-state index contributed by atoms with van der Waals surface area (Å²) in [6.45, 7) is 5.88. The third-order valence-electron chi connectivity index (χ3n) is 2.39. The Bertz CT molecular complexity index is 398. The Balaban J connectivity index is 2.51. The minimum atomic E-state index is -0.455. The van der Waals surface area contributed by atoms with Gasteiger partial charge in [0, 0.05) is 4.90 Å². The van der Waals surface area contributed by atoms with Crippen LogP contribution in [0.15, 0.2) is 23.1 Å². The van der Waals surface area contributed by atoms with Gasteiger partial charge in [-0.05, 0) is 44.2 Å². The molecule has 3 heteroatoms. The van der Waals surface area contributed by atoms with Gasteiger partial charge in [0.15, 0.2) is 0 Å². The van der Waals surface area contributed by atoms with E-state index in [1.807, 2.05) is 26.0 Å². The number of rotatable bonds is 0. The van der Waals surface area contributed by atoms with Crippen LogP contribution < -0.4 is 5.32 Å². The van der Waals surface area contributed by atoms with Crippen molar-refractivity contribution in [2.24, 2.45) is 0 Å². The zero-order valence-corrected chi connectivity index (χ0v) is 9.37. The van der Waals surface area contributed by atoms with Crippen LogP contribution in [0.3, 0.4) is 0 Å². The maximum absolute atomic E-state index is 11.7. The third-order valence-corrected chi connectivity index (χ3v) is 3.64. The molecule has 2 nitrogen and oxygen atoms in total. The van der Waals surface area contributed by atoms with Crippen molar-refractivity contribution in [1.82, 2.24) is 0 Å². The number of hydrogen-bond donors (Lipinski definition) is 1. The van der Waals surface area contributed by atoms with Gasteiger partial charge in [-0.3, -0.25) is 4.79 Å². The highest BCUT2D eigenvalue weighted by molar-refractivity contribution is 8.14. The van der Waals surface area contributed by atoms with E-state index in [1.54, 1.807) is 0 Å². The van der Waals surface area contributed by atoms with E-state index >= 15 is 0 Å². The monoisotopic (exact) mass is 207 g/mol. The zero-order chi connectivity index (χ0) is 10.3. The van der Waals surface area contributed by atoms with Crippen molar-refractivity contribution in [2.75, 3.05) is 5.32 Å². The first-order chi connectivity index (χ1) is 6.50. The fraction of sp³-hybridized carbons (Fsp3) is 0.364. The Hall–Kier alpha value is -0.960. The van der Waals surface area contributed by atoms with Crippen molar-refractivity contribution in [3.05, 3.63) is 23.8 Å². The van der Waals surface area contributed by atoms with Crippen molar-refractivity contribution in [3.8, 4) is 0 Å². The summed E-state index contributed by atoms with van der Waals surface area (Å²) in [5.41, 5.74) is 1.83. The molecule has 0 saturated carbocycles. The number of para-hydroxylation sites is 1. The molecule has 2 rings (SSSR count). The minimum absolute atomic E-state index is 0.176. The highest BCUT2D eigenvalue weighted by Crippen LogP contribution is 2.39. The standard InChI is InChI=1S/C11H13NOS/c1-7-5-4-6-8-9(7)12-11(2,3)10(13)14-8/h4-6,12H,1-3H3. The Morgan fingerprint density at radius 1 is 1.36 bits per heavy atom. The van der Waals surface area contributed by atoms with E-state index < -0.39 is 5.54 Å². The van der Waals surface area contributed by atoms with Crippen molar-refractivity contribution in [2.45, 2.75) is 31.2 Å². The molecular weight excluding hydrogens is 194 g/mol. The van der Waals surface area contributed by atoms with Gasteiger partial charge in [-0.1, -0.05) is 12.1 Å². The van der Waals surface area contributed by atoms with Crippen LogP contribution in [0.4, 0.5) is 5.69 Å². The second-order valence-corrected chi connectivity index (χ2v) is 5.10. The molecule has 0 spiro atoms. The average Bonchev–Trinajstić information content (AvgIpc) is 2.09. The van der Waals surface area contributed by atoms with Gasteiger partial charge in [0.1, 0.15) is 5.54 Å². The molecule has 0 aliphatic carbocycles. The molecule has 0 unspecified atom stereocenters. The first kappa shape index (κ1) is 9.59. The molecule has 0 atom stereocenters. The van der Waals surface area contributed by atoms with Crippen LogP contribution >= 0.6 is 11.8 Å². The summed E-state index contributed by atoms with van der Waals surface area (Å²) in [7, 11) is 0. The summed E-state index contributed by atoms with van der Waals surface area (Å²) in [5, 5.41) is 3.46. The van der Waals surface area contributed by atoms with Gasteiger partial charge in [0.05, 0.1) is 5.69 Å². The number of nitrogens with one attached hydrogen (secondary N) is 1. The molecule has 1 N–H and O–H groups in total. The molecule has 14 heavy (non-hydrogen) atoms. The first-order valence-electron chi connectivity index (χ1n) is 4.61. The van der Waals surface area contributed by atoms with E-state index in [4.69, 9.17) is 0 Å². The van der Waals surface area contributed by atoms with Gasteiger partial charge in [0.25, 0.3) is 0 Å². The number of anilines is 1. The van der Waals surface area contributed by atoms with E-state index in [0.29, 0.717) is 0 Å². The maximum atomic E-state index is 11.7. The smallest absolute Gasteiger partial charge is 0.218 e. The summed E-state index contributed by atoms with van der Waals surface area (Å²) in [6, 6.07) is 6.01. The fourth-order valence-electron chi connectivity index (χ4n) is 1.48. The first-order valence-corrected chi connectivity index (χ1v) is 5.42. The highest BCUT2D eigenvalue weighted by atomic mass is 32.2. The number of thioether (sulfide) groups is 1. The maximum Gasteiger partial charge on any atom is 0.218 e. The number of fused-ring (bicyclic) bond motifs is 1. The SMILES string of the molecule is Cc1cccc2c1NC(C)(C)C(=O)S2. The number of hydrogen-bond acceptors (Lipinski definition) is 3. The fourth-order valence-corrected chi connectivity index (χ4v) is 2.44. The van der Waals surface area contributed by atoms with Gasteiger partial charge in [-0.2, -0.15) is 0 Å². The van der Waals surface area contributed by atoms with Crippen LogP contribution in [-0.4, -0.2) is 10.7 Å². The van der Waals surface area contributed by atoms with Gasteiger partial charge < -0.3 is 5.32 Å². The van der Waals surface area contributed by atoms with Crippen LogP contribution in [0.1, 0.15) is 19.4 Å². The van der Waals surface area contributed by atoms with E-state index in [1.165, 1.54) is 17.3 Å². The number of carbonyl (C=O) groups excluding carboxylic acids is 1. The Morgan fingerprint density at radius 2 is 2.07 bits per heavy atom. The van der Waals surface area contributed by atoms with Gasteiger partial charge >= 0.3 is 0 Å². The third kappa shape index (κ3) is 1.42. The average molecular weight is 207 g/mol. The van der Waals surface area contributed by atoms with Crippen molar-refractivity contribution in [1.29, 1.82) is 0 Å². The highest BCUT2D eigenvalue weighted by Gasteiger charge is 2.34. The Labute approximate surface area is 88.1 Å². The lowest BCUT2D eigenvalue weighted by molar-refractivity contribution is -0.114. The lowest BCUT2D eigenvalue weighted by Gasteiger charge is -2.32. The predicted octanol–water partition coefficient (Wildman–Crippen LogP) is 2.82. The number of aryl methyl sites for hydroxylation is 1. The largest absolute Gasteiger partial charge is 0.371 e. The Morgan fingerprint density at radius 3 is 2.79 bits per heavy atom. The molecule has 0 saturated heterocycles. The van der Waals surface area contributed by atoms with Gasteiger partial charge in [0.2, 0.25) is 5.12 Å². The Kier molecular flexibility index (Phi) is 2.07. The number of benzene rings is 1. The van der Waals surface area contributed by atoms with Gasteiger partial charge in [-0.25, -0.2) is 0 Å². The van der Waals surface area contributed by atoms with Crippen molar-refractivity contribution in [3.63, 3.8) is 0 Å². The summed E-state index contributed by atoms with van der Waals surface area (Å²) in [6.07, 6.45) is 0. The molecule has 0 fully saturated rings. The molecule has 0 radical (unpaired) electrons. The molecular formula is C11H13NOS. The molecule has 1 aliphatic heterocycles. The molecule has 1 heterocycles. The summed E-state index contributed by atoms with van der Waals surface area (Å²) < 4.78 is 0. The quantitative estimate of drug-likeness (QED) is 0.709. The van der Waals surface area contributed by atoms with Crippen LogP contribution in [-0.2, 0) is 4.79 Å². The normalized spacial score (nSPS) is 18.6. The second kappa shape index (κ2) is 3.02. The van der Waals surface area contributed by atoms with E-state index in [-0.39, 0.29) is 5.12 Å². The van der Waals surface area contributed by atoms with Crippen LogP contribution in [0.25, 0.3) is 0 Å². The molecule has 1 aliphatic rings. The molecule has 0 aromatic heterocycles. The molecule has 0 bridgehead atoms. The minimum Gasteiger partial charge on any atom is -0.371 e. The molecule has 74 valence electrons. The topological polar surface area (TPSA) is 29.1 Å². The van der Waals surface area contributed by atoms with Gasteiger partial charge in [-0.15, -0.1) is 0 Å². The van der Waals surface area contributed by atoms with E-state index in [0.717, 1.165) is 10.6 Å².